The van der Waals surface area contributed by atoms with Gasteiger partial charge >= 0.3 is 0 Å². The molecule has 6 nitrogen and oxygen atoms in total. The summed E-state index contributed by atoms with van der Waals surface area (Å²) in [5.41, 5.74) is 4.47. The fourth-order valence-corrected chi connectivity index (χ4v) is 3.81. The first-order valence-electron chi connectivity index (χ1n) is 10.1. The summed E-state index contributed by atoms with van der Waals surface area (Å²) in [6, 6.07) is 21.0. The molecule has 5 rings (SSSR count). The van der Waals surface area contributed by atoms with E-state index in [0.717, 1.165) is 28.1 Å². The van der Waals surface area contributed by atoms with Crippen LogP contribution in [0.5, 0.6) is 5.75 Å². The molecule has 2 aromatic heterocycles. The molecule has 2 aromatic carbocycles. The standard InChI is InChI=1S/C25H19ClN4O2/c26-20-4-1-5-21(13-20)29-24-12-19(8-10-28-24)18-6-7-23-22(11-18)30(25(31)16-32-23)15-17-3-2-9-27-14-17/h1-14H,15-16H2,(H,28,29). The number of hydrogen-bond acceptors (Lipinski definition) is 5. The molecule has 0 saturated heterocycles. The van der Waals surface area contributed by atoms with Crippen molar-refractivity contribution in [3.8, 4) is 16.9 Å². The predicted molar refractivity (Wildman–Crippen MR) is 125 cm³/mol. The van der Waals surface area contributed by atoms with Gasteiger partial charge in [-0.15, -0.1) is 0 Å². The number of carbonyl (C=O) groups excluding carboxylic acids is 1. The molecule has 0 spiro atoms. The number of nitrogens with one attached hydrogen (secondary N) is 1. The lowest BCUT2D eigenvalue weighted by Crippen LogP contribution is -2.38. The number of rotatable bonds is 5. The minimum absolute atomic E-state index is 0.0234. The Bertz CT molecular complexity index is 1280. The van der Waals surface area contributed by atoms with Gasteiger partial charge in [0.05, 0.1) is 12.2 Å². The summed E-state index contributed by atoms with van der Waals surface area (Å²) in [6.07, 6.45) is 5.23. The zero-order chi connectivity index (χ0) is 21.9. The molecule has 0 unspecified atom stereocenters. The fourth-order valence-electron chi connectivity index (χ4n) is 3.62. The minimum atomic E-state index is -0.0865. The van der Waals surface area contributed by atoms with Crippen LogP contribution in [0.4, 0.5) is 17.2 Å². The van der Waals surface area contributed by atoms with Crippen LogP contribution >= 0.6 is 11.6 Å². The van der Waals surface area contributed by atoms with Gasteiger partial charge in [-0.2, -0.15) is 0 Å². The molecule has 158 valence electrons. The summed E-state index contributed by atoms with van der Waals surface area (Å²) in [5.74, 6) is 1.29. The smallest absolute Gasteiger partial charge is 0.265 e. The quantitative estimate of drug-likeness (QED) is 0.444. The molecule has 3 heterocycles. The molecule has 1 amide bonds. The second kappa shape index (κ2) is 8.69. The number of hydrogen-bond donors (Lipinski definition) is 1. The number of carbonyl (C=O) groups is 1. The molecule has 0 fully saturated rings. The van der Waals surface area contributed by atoms with Gasteiger partial charge in [0.1, 0.15) is 11.6 Å². The monoisotopic (exact) mass is 442 g/mol. The van der Waals surface area contributed by atoms with E-state index < -0.39 is 0 Å². The van der Waals surface area contributed by atoms with E-state index in [1.54, 1.807) is 23.5 Å². The van der Waals surface area contributed by atoms with Crippen LogP contribution < -0.4 is 15.0 Å². The Labute approximate surface area is 190 Å². The zero-order valence-electron chi connectivity index (χ0n) is 17.0. The molecule has 7 heteroatoms. The van der Waals surface area contributed by atoms with E-state index in [2.05, 4.69) is 15.3 Å². The van der Waals surface area contributed by atoms with Crippen LogP contribution in [0.25, 0.3) is 11.1 Å². The van der Waals surface area contributed by atoms with Crippen molar-refractivity contribution in [2.75, 3.05) is 16.8 Å². The average molecular weight is 443 g/mol. The molecule has 0 bridgehead atoms. The third-order valence-electron chi connectivity index (χ3n) is 5.16. The third kappa shape index (κ3) is 4.26. The molecule has 0 atom stereocenters. The highest BCUT2D eigenvalue weighted by Gasteiger charge is 2.26. The van der Waals surface area contributed by atoms with Crippen molar-refractivity contribution in [2.45, 2.75) is 6.54 Å². The van der Waals surface area contributed by atoms with Crippen molar-refractivity contribution >= 4 is 34.7 Å². The van der Waals surface area contributed by atoms with Gasteiger partial charge in [-0.3, -0.25) is 9.78 Å². The van der Waals surface area contributed by atoms with E-state index in [0.29, 0.717) is 23.1 Å². The topological polar surface area (TPSA) is 67.3 Å². The van der Waals surface area contributed by atoms with E-state index in [-0.39, 0.29) is 12.5 Å². The highest BCUT2D eigenvalue weighted by molar-refractivity contribution is 6.30. The van der Waals surface area contributed by atoms with Gasteiger partial charge in [0, 0.05) is 29.3 Å². The molecule has 32 heavy (non-hydrogen) atoms. The Balaban J connectivity index is 1.46. The number of fused-ring (bicyclic) bond motifs is 1. The number of anilines is 3. The van der Waals surface area contributed by atoms with E-state index >= 15 is 0 Å². The summed E-state index contributed by atoms with van der Waals surface area (Å²) in [7, 11) is 0. The Morgan fingerprint density at radius 3 is 2.75 bits per heavy atom. The first-order chi connectivity index (χ1) is 15.7. The van der Waals surface area contributed by atoms with E-state index in [9.17, 15) is 4.79 Å². The van der Waals surface area contributed by atoms with E-state index in [1.165, 1.54) is 0 Å². The average Bonchev–Trinajstić information content (AvgIpc) is 2.81. The van der Waals surface area contributed by atoms with Crippen LogP contribution in [0, 0.1) is 0 Å². The van der Waals surface area contributed by atoms with Crippen LogP contribution in [0.1, 0.15) is 5.56 Å². The molecule has 4 aromatic rings. The molecule has 0 aliphatic carbocycles. The summed E-state index contributed by atoms with van der Waals surface area (Å²) in [4.78, 5) is 22.9. The van der Waals surface area contributed by atoms with Gasteiger partial charge in [0.2, 0.25) is 0 Å². The lowest BCUT2D eigenvalue weighted by atomic mass is 10.0. The molecule has 1 N–H and O–H groups in total. The summed E-state index contributed by atoms with van der Waals surface area (Å²) >= 11 is 6.08. The predicted octanol–water partition coefficient (Wildman–Crippen LogP) is 5.47. The summed E-state index contributed by atoms with van der Waals surface area (Å²) in [5, 5.41) is 3.93. The highest BCUT2D eigenvalue weighted by atomic mass is 35.5. The van der Waals surface area contributed by atoms with Gasteiger partial charge in [-0.05, 0) is 65.2 Å². The molecular weight excluding hydrogens is 424 g/mol. The van der Waals surface area contributed by atoms with Gasteiger partial charge in [-0.1, -0.05) is 29.8 Å². The number of amides is 1. The summed E-state index contributed by atoms with van der Waals surface area (Å²) < 4.78 is 5.66. The van der Waals surface area contributed by atoms with Crippen LogP contribution in [0.3, 0.4) is 0 Å². The molecule has 1 aliphatic heterocycles. The Morgan fingerprint density at radius 1 is 1.00 bits per heavy atom. The van der Waals surface area contributed by atoms with Crippen LogP contribution in [-0.2, 0) is 11.3 Å². The number of benzene rings is 2. The second-order valence-electron chi connectivity index (χ2n) is 7.38. The van der Waals surface area contributed by atoms with Crippen LogP contribution in [-0.4, -0.2) is 22.5 Å². The number of ether oxygens (including phenoxy) is 1. The third-order valence-corrected chi connectivity index (χ3v) is 5.39. The lowest BCUT2D eigenvalue weighted by molar-refractivity contribution is -0.121. The fraction of sp³-hybridized carbons (Fsp3) is 0.0800. The second-order valence-corrected chi connectivity index (χ2v) is 7.81. The van der Waals surface area contributed by atoms with E-state index in [4.69, 9.17) is 16.3 Å². The van der Waals surface area contributed by atoms with E-state index in [1.807, 2.05) is 66.7 Å². The maximum Gasteiger partial charge on any atom is 0.265 e. The SMILES string of the molecule is O=C1COc2ccc(-c3ccnc(Nc4cccc(Cl)c4)c3)cc2N1Cc1cccnc1. The van der Waals surface area contributed by atoms with Crippen LogP contribution in [0.2, 0.25) is 5.02 Å². The van der Waals surface area contributed by atoms with Crippen molar-refractivity contribution < 1.29 is 9.53 Å². The Morgan fingerprint density at radius 2 is 1.91 bits per heavy atom. The molecule has 0 radical (unpaired) electrons. The first-order valence-corrected chi connectivity index (χ1v) is 10.5. The van der Waals surface area contributed by atoms with Crippen molar-refractivity contribution in [1.82, 2.24) is 9.97 Å². The first kappa shape index (κ1) is 20.0. The minimum Gasteiger partial charge on any atom is -0.482 e. The van der Waals surface area contributed by atoms with Gasteiger partial charge in [0.25, 0.3) is 5.91 Å². The normalized spacial score (nSPS) is 12.8. The number of nitrogens with zero attached hydrogens (tertiary/aromatic N) is 3. The zero-order valence-corrected chi connectivity index (χ0v) is 17.8. The Kier molecular flexibility index (Phi) is 5.44. The maximum absolute atomic E-state index is 12.6. The lowest BCUT2D eigenvalue weighted by Gasteiger charge is -2.30. The van der Waals surface area contributed by atoms with Crippen LogP contribution in [0.15, 0.2) is 85.3 Å². The molecule has 1 aliphatic rings. The Hall–Kier alpha value is -3.90. The van der Waals surface area contributed by atoms with Crippen molar-refractivity contribution in [2.24, 2.45) is 0 Å². The number of halogens is 1. The van der Waals surface area contributed by atoms with Gasteiger partial charge in [-0.25, -0.2) is 4.98 Å². The summed E-state index contributed by atoms with van der Waals surface area (Å²) in [6.45, 7) is 0.458. The molecular formula is C25H19ClN4O2. The number of aromatic nitrogens is 2. The van der Waals surface area contributed by atoms with Gasteiger partial charge in [0.15, 0.2) is 6.61 Å². The van der Waals surface area contributed by atoms with Gasteiger partial charge < -0.3 is 15.0 Å². The van der Waals surface area contributed by atoms with Crippen molar-refractivity contribution in [3.63, 3.8) is 0 Å². The molecule has 0 saturated carbocycles. The largest absolute Gasteiger partial charge is 0.482 e. The maximum atomic E-state index is 12.6. The number of pyridine rings is 2. The van der Waals surface area contributed by atoms with Crippen molar-refractivity contribution in [3.05, 3.63) is 95.9 Å². The highest BCUT2D eigenvalue weighted by Crippen LogP contribution is 2.37. The van der Waals surface area contributed by atoms with Crippen molar-refractivity contribution in [1.29, 1.82) is 0 Å².